The maximum absolute atomic E-state index is 13.8. The Kier molecular flexibility index (Phi) is 5.24. The van der Waals surface area contributed by atoms with Gasteiger partial charge in [0.05, 0.1) is 11.1 Å². The lowest BCUT2D eigenvalue weighted by molar-refractivity contribution is 0.0709. The summed E-state index contributed by atoms with van der Waals surface area (Å²) in [6, 6.07) is 2.15. The number of ether oxygens (including phenoxy) is 1. The van der Waals surface area contributed by atoms with E-state index in [1.165, 1.54) is 0 Å². The molecule has 5 nitrogen and oxygen atoms in total. The molecule has 2 fully saturated rings. The van der Waals surface area contributed by atoms with Gasteiger partial charge in [0.15, 0.2) is 0 Å². The molecule has 1 aromatic heterocycles. The van der Waals surface area contributed by atoms with Gasteiger partial charge in [0, 0.05) is 47.3 Å². The fraction of sp³-hybridized carbons (Fsp3) is 0.588. The fourth-order valence-corrected chi connectivity index (χ4v) is 4.79. The zero-order valence-corrected chi connectivity index (χ0v) is 17.3. The number of alkyl halides is 2. The van der Waals surface area contributed by atoms with Crippen LogP contribution in [0.1, 0.15) is 37.3 Å². The standard InChI is InChI=1S/C17H20Br2F2N4O/c18-11-7-12-15(13(14(11)19)16(20)21)23-17(24-4-1-9(22)8-24)25(12)10-2-5-26-6-3-10/h7,9-10,16H,1-6,8,22H2/t9-/m1/s1. The van der Waals surface area contributed by atoms with Crippen molar-refractivity contribution in [2.24, 2.45) is 5.73 Å². The molecule has 0 radical (unpaired) electrons. The van der Waals surface area contributed by atoms with Gasteiger partial charge in [0.2, 0.25) is 5.95 Å². The molecule has 0 aliphatic carbocycles. The van der Waals surface area contributed by atoms with Crippen molar-refractivity contribution >= 4 is 48.8 Å². The van der Waals surface area contributed by atoms with Crippen LogP contribution in [0.4, 0.5) is 14.7 Å². The minimum absolute atomic E-state index is 0.0649. The lowest BCUT2D eigenvalue weighted by Gasteiger charge is -2.28. The Morgan fingerprint density at radius 3 is 2.58 bits per heavy atom. The van der Waals surface area contributed by atoms with E-state index >= 15 is 0 Å². The first-order valence-corrected chi connectivity index (χ1v) is 10.3. The third-order valence-corrected chi connectivity index (χ3v) is 7.19. The molecule has 1 aromatic carbocycles. The van der Waals surface area contributed by atoms with Crippen LogP contribution in [0.25, 0.3) is 11.0 Å². The average Bonchev–Trinajstić information content (AvgIpc) is 3.19. The molecule has 4 rings (SSSR count). The second-order valence-electron chi connectivity index (χ2n) is 6.87. The summed E-state index contributed by atoms with van der Waals surface area (Å²) in [5.41, 5.74) is 7.11. The SMILES string of the molecule is N[C@@H]1CCN(c2nc3c(C(F)F)c(Br)c(Br)cc3n2C2CCOCC2)C1. The molecule has 2 saturated heterocycles. The highest BCUT2D eigenvalue weighted by Crippen LogP contribution is 2.42. The summed E-state index contributed by atoms with van der Waals surface area (Å²) in [5.74, 6) is 0.742. The largest absolute Gasteiger partial charge is 0.381 e. The van der Waals surface area contributed by atoms with Gasteiger partial charge in [0.1, 0.15) is 5.52 Å². The number of hydrogen-bond donors (Lipinski definition) is 1. The van der Waals surface area contributed by atoms with Crippen LogP contribution in [-0.2, 0) is 4.74 Å². The first-order valence-electron chi connectivity index (χ1n) is 8.73. The van der Waals surface area contributed by atoms with Crippen molar-refractivity contribution in [1.29, 1.82) is 0 Å². The van der Waals surface area contributed by atoms with Crippen LogP contribution in [-0.4, -0.2) is 41.9 Å². The quantitative estimate of drug-likeness (QED) is 0.689. The van der Waals surface area contributed by atoms with Crippen molar-refractivity contribution in [2.75, 3.05) is 31.2 Å². The number of anilines is 1. The van der Waals surface area contributed by atoms with E-state index < -0.39 is 6.43 Å². The van der Waals surface area contributed by atoms with Gasteiger partial charge in [-0.15, -0.1) is 0 Å². The van der Waals surface area contributed by atoms with Gasteiger partial charge in [-0.25, -0.2) is 13.8 Å². The monoisotopic (exact) mass is 492 g/mol. The molecule has 142 valence electrons. The molecule has 2 aliphatic heterocycles. The Labute approximate surface area is 167 Å². The average molecular weight is 494 g/mol. The van der Waals surface area contributed by atoms with Crippen molar-refractivity contribution in [3.05, 3.63) is 20.6 Å². The van der Waals surface area contributed by atoms with Gasteiger partial charge in [-0.2, -0.15) is 0 Å². The van der Waals surface area contributed by atoms with Crippen molar-refractivity contribution in [1.82, 2.24) is 9.55 Å². The highest BCUT2D eigenvalue weighted by molar-refractivity contribution is 9.13. The summed E-state index contributed by atoms with van der Waals surface area (Å²) in [7, 11) is 0. The maximum Gasteiger partial charge on any atom is 0.267 e. The number of rotatable bonds is 3. The third-order valence-electron chi connectivity index (χ3n) is 5.18. The second kappa shape index (κ2) is 7.33. The van der Waals surface area contributed by atoms with Crippen LogP contribution < -0.4 is 10.6 Å². The van der Waals surface area contributed by atoms with E-state index in [-0.39, 0.29) is 17.6 Å². The van der Waals surface area contributed by atoms with Crippen molar-refractivity contribution in [2.45, 2.75) is 37.8 Å². The predicted molar refractivity (Wildman–Crippen MR) is 104 cm³/mol. The summed E-state index contributed by atoms with van der Waals surface area (Å²) < 4.78 is 36.2. The predicted octanol–water partition coefficient (Wildman–Crippen LogP) is 4.39. The molecule has 2 N–H and O–H groups in total. The molecular weight excluding hydrogens is 474 g/mol. The topological polar surface area (TPSA) is 56.3 Å². The molecule has 0 unspecified atom stereocenters. The van der Waals surface area contributed by atoms with E-state index in [1.807, 2.05) is 6.07 Å². The second-order valence-corrected chi connectivity index (χ2v) is 8.52. The summed E-state index contributed by atoms with van der Waals surface area (Å²) in [5, 5.41) is 0. The highest BCUT2D eigenvalue weighted by atomic mass is 79.9. The maximum atomic E-state index is 13.8. The summed E-state index contributed by atoms with van der Waals surface area (Å²) in [6.45, 7) is 2.82. The highest BCUT2D eigenvalue weighted by Gasteiger charge is 2.31. The van der Waals surface area contributed by atoms with E-state index in [0.29, 0.717) is 34.2 Å². The van der Waals surface area contributed by atoms with Crippen LogP contribution in [0.15, 0.2) is 15.0 Å². The van der Waals surface area contributed by atoms with Crippen LogP contribution in [0.5, 0.6) is 0 Å². The van der Waals surface area contributed by atoms with Gasteiger partial charge in [-0.3, -0.25) is 0 Å². The number of aromatic nitrogens is 2. The molecule has 0 saturated carbocycles. The van der Waals surface area contributed by atoms with Gasteiger partial charge in [-0.1, -0.05) is 0 Å². The van der Waals surface area contributed by atoms with E-state index in [0.717, 1.165) is 37.3 Å². The van der Waals surface area contributed by atoms with Crippen LogP contribution in [0.2, 0.25) is 0 Å². The molecule has 0 amide bonds. The summed E-state index contributed by atoms with van der Waals surface area (Å²) >= 11 is 6.71. The number of imidazole rings is 1. The first-order chi connectivity index (χ1) is 12.5. The Morgan fingerprint density at radius 2 is 1.96 bits per heavy atom. The van der Waals surface area contributed by atoms with Crippen molar-refractivity contribution in [3.8, 4) is 0 Å². The molecular formula is C17H20Br2F2N4O. The van der Waals surface area contributed by atoms with Gasteiger partial charge in [-0.05, 0) is 57.2 Å². The Balaban J connectivity index is 1.94. The van der Waals surface area contributed by atoms with E-state index in [9.17, 15) is 8.78 Å². The number of nitrogens with zero attached hydrogens (tertiary/aromatic N) is 3. The Bertz CT molecular complexity index is 823. The van der Waals surface area contributed by atoms with Crippen LogP contribution in [0.3, 0.4) is 0 Å². The van der Waals surface area contributed by atoms with E-state index in [1.54, 1.807) is 0 Å². The normalized spacial score (nSPS) is 22.1. The third kappa shape index (κ3) is 3.16. The van der Waals surface area contributed by atoms with Gasteiger partial charge in [0.25, 0.3) is 6.43 Å². The molecule has 0 bridgehead atoms. The number of hydrogen-bond acceptors (Lipinski definition) is 4. The molecule has 2 aromatic rings. The molecule has 9 heteroatoms. The number of benzene rings is 1. The smallest absolute Gasteiger partial charge is 0.267 e. The van der Waals surface area contributed by atoms with Gasteiger partial charge < -0.3 is 19.9 Å². The van der Waals surface area contributed by atoms with E-state index in [4.69, 9.17) is 10.5 Å². The minimum Gasteiger partial charge on any atom is -0.381 e. The zero-order valence-electron chi connectivity index (χ0n) is 14.1. The number of nitrogens with two attached hydrogens (primary N) is 1. The van der Waals surface area contributed by atoms with Gasteiger partial charge >= 0.3 is 0 Å². The molecule has 3 heterocycles. The van der Waals surface area contributed by atoms with E-state index in [2.05, 4.69) is 46.3 Å². The molecule has 1 atom stereocenters. The van der Waals surface area contributed by atoms with Crippen LogP contribution in [0, 0.1) is 0 Å². The Morgan fingerprint density at radius 1 is 1.23 bits per heavy atom. The lowest BCUT2D eigenvalue weighted by atomic mass is 10.1. The fourth-order valence-electron chi connectivity index (χ4n) is 3.88. The number of halogens is 4. The van der Waals surface area contributed by atoms with Crippen LogP contribution >= 0.6 is 31.9 Å². The first kappa shape index (κ1) is 18.6. The molecule has 26 heavy (non-hydrogen) atoms. The number of fused-ring (bicyclic) bond motifs is 1. The van der Waals surface area contributed by atoms with Crippen molar-refractivity contribution in [3.63, 3.8) is 0 Å². The van der Waals surface area contributed by atoms with Crippen molar-refractivity contribution < 1.29 is 13.5 Å². The molecule has 2 aliphatic rings. The minimum atomic E-state index is -2.61. The summed E-state index contributed by atoms with van der Waals surface area (Å²) in [6.07, 6.45) is -0.0471. The zero-order chi connectivity index (χ0) is 18.4. The summed E-state index contributed by atoms with van der Waals surface area (Å²) in [4.78, 5) is 6.81. The molecule has 0 spiro atoms. The lowest BCUT2D eigenvalue weighted by Crippen LogP contribution is -2.30. The Hall–Kier alpha value is -0.770.